The topological polar surface area (TPSA) is 68.5 Å². The number of esters is 1. The number of rotatable bonds is 4. The molecule has 20 heavy (non-hydrogen) atoms. The lowest BCUT2D eigenvalue weighted by Crippen LogP contribution is -2.11. The van der Waals surface area contributed by atoms with Crippen molar-refractivity contribution in [3.05, 3.63) is 35.5 Å². The molecule has 0 aliphatic carbocycles. The van der Waals surface area contributed by atoms with E-state index in [-0.39, 0.29) is 24.0 Å². The number of fused-ring (bicyclic) bond motifs is 1. The molecule has 0 unspecified atom stereocenters. The van der Waals surface area contributed by atoms with E-state index in [0.717, 1.165) is 16.5 Å². The zero-order valence-electron chi connectivity index (χ0n) is 11.7. The van der Waals surface area contributed by atoms with Gasteiger partial charge in [0.1, 0.15) is 6.54 Å². The van der Waals surface area contributed by atoms with Gasteiger partial charge in [0.15, 0.2) is 0 Å². The molecule has 5 nitrogen and oxygen atoms in total. The average molecular weight is 275 g/mol. The summed E-state index contributed by atoms with van der Waals surface area (Å²) >= 11 is 0. The molecule has 0 fully saturated rings. The second kappa shape index (κ2) is 5.36. The minimum atomic E-state index is -0.950. The van der Waals surface area contributed by atoms with E-state index in [0.29, 0.717) is 0 Å². The van der Waals surface area contributed by atoms with E-state index >= 15 is 0 Å². The second-order valence-electron chi connectivity index (χ2n) is 4.98. The average Bonchev–Trinajstić information content (AvgIpc) is 2.80. The van der Waals surface area contributed by atoms with Crippen molar-refractivity contribution in [1.82, 2.24) is 4.57 Å². The molecule has 5 heteroatoms. The van der Waals surface area contributed by atoms with Gasteiger partial charge in [0.05, 0.1) is 18.2 Å². The van der Waals surface area contributed by atoms with Crippen LogP contribution in [0.25, 0.3) is 10.9 Å². The molecule has 0 spiro atoms. The lowest BCUT2D eigenvalue weighted by atomic mass is 9.97. The molecule has 1 N–H and O–H groups in total. The lowest BCUT2D eigenvalue weighted by molar-refractivity contribution is -0.141. The summed E-state index contributed by atoms with van der Waals surface area (Å²) < 4.78 is 6.47. The van der Waals surface area contributed by atoms with E-state index in [9.17, 15) is 9.59 Å². The molecular weight excluding hydrogens is 258 g/mol. The number of hydrogen-bond donors (Lipinski definition) is 1. The van der Waals surface area contributed by atoms with Gasteiger partial charge in [0.25, 0.3) is 0 Å². The first-order valence-electron chi connectivity index (χ1n) is 6.37. The third-order valence-corrected chi connectivity index (χ3v) is 3.29. The van der Waals surface area contributed by atoms with E-state index in [4.69, 9.17) is 5.11 Å². The number of nitrogens with zero attached hydrogens (tertiary/aromatic N) is 1. The van der Waals surface area contributed by atoms with Gasteiger partial charge < -0.3 is 14.4 Å². The summed E-state index contributed by atoms with van der Waals surface area (Å²) in [4.78, 5) is 22.6. The first kappa shape index (κ1) is 14.1. The molecule has 0 saturated heterocycles. The van der Waals surface area contributed by atoms with Crippen LogP contribution in [0.3, 0.4) is 0 Å². The van der Waals surface area contributed by atoms with Gasteiger partial charge in [-0.2, -0.15) is 0 Å². The van der Waals surface area contributed by atoms with E-state index in [1.54, 1.807) is 22.9 Å². The highest BCUT2D eigenvalue weighted by Gasteiger charge is 2.16. The molecule has 0 aliphatic heterocycles. The molecule has 0 amide bonds. The van der Waals surface area contributed by atoms with Gasteiger partial charge in [-0.1, -0.05) is 13.8 Å². The molecule has 2 aromatic rings. The molecule has 1 aromatic heterocycles. The third kappa shape index (κ3) is 2.52. The number of aromatic nitrogens is 1. The zero-order chi connectivity index (χ0) is 14.9. The fourth-order valence-corrected chi connectivity index (χ4v) is 2.28. The molecular formula is C15H17NO4. The Bertz CT molecular complexity index is 670. The summed E-state index contributed by atoms with van der Waals surface area (Å²) in [5.74, 6) is -1.13. The lowest BCUT2D eigenvalue weighted by Gasteiger charge is -2.13. The Labute approximate surface area is 116 Å². The van der Waals surface area contributed by atoms with Crippen molar-refractivity contribution in [1.29, 1.82) is 0 Å². The summed E-state index contributed by atoms with van der Waals surface area (Å²) in [5, 5.41) is 9.98. The van der Waals surface area contributed by atoms with E-state index in [1.165, 1.54) is 7.11 Å². The number of methoxy groups -OCH3 is 1. The number of benzene rings is 1. The summed E-state index contributed by atoms with van der Waals surface area (Å²) in [7, 11) is 1.35. The Morgan fingerprint density at radius 2 is 2.05 bits per heavy atom. The third-order valence-electron chi connectivity index (χ3n) is 3.29. The minimum Gasteiger partial charge on any atom is -0.478 e. The zero-order valence-corrected chi connectivity index (χ0v) is 11.7. The highest BCUT2D eigenvalue weighted by Crippen LogP contribution is 2.28. The summed E-state index contributed by atoms with van der Waals surface area (Å²) in [6.07, 6.45) is 1.78. The normalized spacial score (nSPS) is 11.0. The van der Waals surface area contributed by atoms with Gasteiger partial charge in [-0.05, 0) is 29.7 Å². The molecule has 2 rings (SSSR count). The highest BCUT2D eigenvalue weighted by molar-refractivity contribution is 5.95. The number of aromatic carboxylic acids is 1. The first-order valence-corrected chi connectivity index (χ1v) is 6.37. The van der Waals surface area contributed by atoms with Crippen LogP contribution in [0.1, 0.15) is 35.7 Å². The van der Waals surface area contributed by atoms with Gasteiger partial charge in [-0.3, -0.25) is 4.79 Å². The number of carbonyl (C=O) groups is 2. The van der Waals surface area contributed by atoms with Crippen LogP contribution >= 0.6 is 0 Å². The van der Waals surface area contributed by atoms with E-state index in [1.807, 2.05) is 19.9 Å². The van der Waals surface area contributed by atoms with E-state index < -0.39 is 5.97 Å². The summed E-state index contributed by atoms with van der Waals surface area (Å²) in [5.41, 5.74) is 2.06. The molecule has 0 aliphatic rings. The number of ether oxygens (including phenoxy) is 1. The number of carboxylic acid groups (broad SMARTS) is 1. The van der Waals surface area contributed by atoms with Crippen LogP contribution in [0, 0.1) is 0 Å². The fourth-order valence-electron chi connectivity index (χ4n) is 2.28. The van der Waals surface area contributed by atoms with Crippen molar-refractivity contribution in [3.8, 4) is 0 Å². The van der Waals surface area contributed by atoms with Crippen LogP contribution in [-0.4, -0.2) is 28.7 Å². The molecule has 0 atom stereocenters. The van der Waals surface area contributed by atoms with Gasteiger partial charge in [0, 0.05) is 11.6 Å². The monoisotopic (exact) mass is 275 g/mol. The molecule has 0 radical (unpaired) electrons. The highest BCUT2D eigenvalue weighted by atomic mass is 16.5. The maximum absolute atomic E-state index is 11.4. The molecule has 1 aromatic carbocycles. The van der Waals surface area contributed by atoms with Crippen molar-refractivity contribution in [2.24, 2.45) is 0 Å². The minimum absolute atomic E-state index is 0.117. The van der Waals surface area contributed by atoms with Crippen LogP contribution < -0.4 is 0 Å². The van der Waals surface area contributed by atoms with Crippen molar-refractivity contribution in [2.45, 2.75) is 26.3 Å². The van der Waals surface area contributed by atoms with Crippen molar-refractivity contribution in [2.75, 3.05) is 7.11 Å². The Balaban J connectivity index is 2.64. The maximum Gasteiger partial charge on any atom is 0.335 e. The number of carbonyl (C=O) groups excluding carboxylic acids is 1. The maximum atomic E-state index is 11.4. The standard InChI is InChI=1S/C15H17NO4/c1-9(2)12-7-11(15(18)19)6-10-4-5-16(14(10)12)8-13(17)20-3/h4-7,9H,8H2,1-3H3,(H,18,19). The van der Waals surface area contributed by atoms with Gasteiger partial charge in [-0.25, -0.2) is 4.79 Å². The summed E-state index contributed by atoms with van der Waals surface area (Å²) in [6.45, 7) is 4.11. The molecule has 0 bridgehead atoms. The second-order valence-corrected chi connectivity index (χ2v) is 4.98. The molecule has 106 valence electrons. The molecule has 0 saturated carbocycles. The summed E-state index contributed by atoms with van der Waals surface area (Å²) in [6, 6.07) is 5.11. The van der Waals surface area contributed by atoms with Crippen LogP contribution in [0.4, 0.5) is 0 Å². The van der Waals surface area contributed by atoms with Gasteiger partial charge >= 0.3 is 11.9 Å². The fraction of sp³-hybridized carbons (Fsp3) is 0.333. The van der Waals surface area contributed by atoms with Crippen LogP contribution in [0.2, 0.25) is 0 Å². The van der Waals surface area contributed by atoms with Crippen LogP contribution in [0.5, 0.6) is 0 Å². The van der Waals surface area contributed by atoms with Crippen molar-refractivity contribution >= 4 is 22.8 Å². The van der Waals surface area contributed by atoms with Crippen molar-refractivity contribution in [3.63, 3.8) is 0 Å². The largest absolute Gasteiger partial charge is 0.478 e. The smallest absolute Gasteiger partial charge is 0.335 e. The number of hydrogen-bond acceptors (Lipinski definition) is 3. The Morgan fingerprint density at radius 1 is 1.35 bits per heavy atom. The Morgan fingerprint density at radius 3 is 2.60 bits per heavy atom. The van der Waals surface area contributed by atoms with Crippen LogP contribution in [-0.2, 0) is 16.1 Å². The SMILES string of the molecule is COC(=O)Cn1ccc2cc(C(=O)O)cc(C(C)C)c21. The Hall–Kier alpha value is -2.30. The predicted molar refractivity (Wildman–Crippen MR) is 75.0 cm³/mol. The van der Waals surface area contributed by atoms with E-state index in [2.05, 4.69) is 4.74 Å². The van der Waals surface area contributed by atoms with Gasteiger partial charge in [-0.15, -0.1) is 0 Å². The number of carboxylic acids is 1. The molecule has 1 heterocycles. The predicted octanol–water partition coefficient (Wildman–Crippen LogP) is 2.64. The Kier molecular flexibility index (Phi) is 3.79. The first-order chi connectivity index (χ1) is 9.43. The quantitative estimate of drug-likeness (QED) is 0.871. The van der Waals surface area contributed by atoms with Crippen LogP contribution in [0.15, 0.2) is 24.4 Å². The van der Waals surface area contributed by atoms with Crippen molar-refractivity contribution < 1.29 is 19.4 Å². The van der Waals surface area contributed by atoms with Gasteiger partial charge in [0.2, 0.25) is 0 Å².